The van der Waals surface area contributed by atoms with Crippen molar-refractivity contribution in [3.05, 3.63) is 12.2 Å². The normalized spacial score (nSPS) is 21.9. The number of hydrogen-bond acceptors (Lipinski definition) is 2. The fourth-order valence-corrected chi connectivity index (χ4v) is 2.24. The summed E-state index contributed by atoms with van der Waals surface area (Å²) in [5.41, 5.74) is 1.31. The van der Waals surface area contributed by atoms with Crippen molar-refractivity contribution in [2.24, 2.45) is 0 Å². The Kier molecular flexibility index (Phi) is 5.96. The quantitative estimate of drug-likeness (QED) is 0.677. The van der Waals surface area contributed by atoms with Crippen LogP contribution in [0.2, 0.25) is 0 Å². The number of hydrogen-bond donors (Lipinski definition) is 1. The van der Waals surface area contributed by atoms with E-state index in [1.807, 2.05) is 0 Å². The van der Waals surface area contributed by atoms with Crippen LogP contribution in [0.5, 0.6) is 0 Å². The van der Waals surface area contributed by atoms with Crippen molar-refractivity contribution in [2.75, 3.05) is 26.2 Å². The van der Waals surface area contributed by atoms with Gasteiger partial charge >= 0.3 is 0 Å². The molecule has 2 heteroatoms. The second kappa shape index (κ2) is 7.02. The van der Waals surface area contributed by atoms with Crippen molar-refractivity contribution in [3.63, 3.8) is 0 Å². The average Bonchev–Trinajstić information content (AvgIpc) is 2.25. The third kappa shape index (κ3) is 4.80. The number of piperidine rings is 1. The summed E-state index contributed by atoms with van der Waals surface area (Å²) >= 11 is 0. The molecular formula is C13H26N2. The first kappa shape index (κ1) is 12.7. The van der Waals surface area contributed by atoms with Gasteiger partial charge in [0.25, 0.3) is 0 Å². The SMILES string of the molecule is C=C(C)CCN(CCC)C1CCCNC1. The van der Waals surface area contributed by atoms with Gasteiger partial charge in [0.1, 0.15) is 0 Å². The van der Waals surface area contributed by atoms with Crippen LogP contribution in [0, 0.1) is 0 Å². The summed E-state index contributed by atoms with van der Waals surface area (Å²) < 4.78 is 0. The molecule has 1 fully saturated rings. The van der Waals surface area contributed by atoms with Crippen LogP contribution in [0.25, 0.3) is 0 Å². The number of rotatable bonds is 6. The van der Waals surface area contributed by atoms with Gasteiger partial charge in [-0.25, -0.2) is 0 Å². The molecule has 0 bridgehead atoms. The predicted molar refractivity (Wildman–Crippen MR) is 67.2 cm³/mol. The first-order valence-corrected chi connectivity index (χ1v) is 6.33. The summed E-state index contributed by atoms with van der Waals surface area (Å²) in [5.74, 6) is 0. The highest BCUT2D eigenvalue weighted by Crippen LogP contribution is 2.12. The fourth-order valence-electron chi connectivity index (χ4n) is 2.24. The maximum absolute atomic E-state index is 3.99. The highest BCUT2D eigenvalue weighted by Gasteiger charge is 2.19. The van der Waals surface area contributed by atoms with Crippen molar-refractivity contribution < 1.29 is 0 Å². The van der Waals surface area contributed by atoms with Crippen LogP contribution in [-0.2, 0) is 0 Å². The minimum Gasteiger partial charge on any atom is -0.315 e. The molecule has 1 heterocycles. The minimum atomic E-state index is 0.762. The van der Waals surface area contributed by atoms with Gasteiger partial charge in [-0.1, -0.05) is 12.5 Å². The van der Waals surface area contributed by atoms with Gasteiger partial charge in [-0.3, -0.25) is 4.90 Å². The summed E-state index contributed by atoms with van der Waals surface area (Å²) in [6, 6.07) is 0.762. The first-order valence-electron chi connectivity index (χ1n) is 6.33. The van der Waals surface area contributed by atoms with E-state index < -0.39 is 0 Å². The van der Waals surface area contributed by atoms with E-state index in [9.17, 15) is 0 Å². The Labute approximate surface area is 94.7 Å². The van der Waals surface area contributed by atoms with E-state index in [0.717, 1.165) is 12.5 Å². The van der Waals surface area contributed by atoms with Crippen LogP contribution < -0.4 is 5.32 Å². The van der Waals surface area contributed by atoms with E-state index in [1.165, 1.54) is 51.0 Å². The molecule has 88 valence electrons. The molecule has 1 saturated heterocycles. The van der Waals surface area contributed by atoms with Gasteiger partial charge in [0, 0.05) is 19.1 Å². The summed E-state index contributed by atoms with van der Waals surface area (Å²) in [6.45, 7) is 13.2. The van der Waals surface area contributed by atoms with Crippen molar-refractivity contribution in [1.29, 1.82) is 0 Å². The van der Waals surface area contributed by atoms with Gasteiger partial charge in [0.05, 0.1) is 0 Å². The zero-order chi connectivity index (χ0) is 11.1. The monoisotopic (exact) mass is 210 g/mol. The molecule has 0 aromatic heterocycles. The van der Waals surface area contributed by atoms with E-state index in [0.29, 0.717) is 0 Å². The van der Waals surface area contributed by atoms with Crippen molar-refractivity contribution >= 4 is 0 Å². The molecule has 1 aliphatic heterocycles. The summed E-state index contributed by atoms with van der Waals surface area (Å²) in [4.78, 5) is 2.64. The van der Waals surface area contributed by atoms with Gasteiger partial charge in [-0.05, 0) is 45.7 Å². The Balaban J connectivity index is 2.36. The molecule has 0 spiro atoms. The summed E-state index contributed by atoms with van der Waals surface area (Å²) in [7, 11) is 0. The molecule has 1 aliphatic rings. The second-order valence-electron chi connectivity index (χ2n) is 4.74. The lowest BCUT2D eigenvalue weighted by atomic mass is 10.0. The Morgan fingerprint density at radius 3 is 2.80 bits per heavy atom. The van der Waals surface area contributed by atoms with Crippen molar-refractivity contribution in [2.45, 2.75) is 45.6 Å². The summed E-state index contributed by atoms with van der Waals surface area (Å²) in [6.07, 6.45) is 5.10. The number of nitrogens with one attached hydrogen (secondary N) is 1. The van der Waals surface area contributed by atoms with E-state index in [4.69, 9.17) is 0 Å². The highest BCUT2D eigenvalue weighted by atomic mass is 15.2. The molecule has 0 aromatic carbocycles. The van der Waals surface area contributed by atoms with E-state index in [1.54, 1.807) is 0 Å². The van der Waals surface area contributed by atoms with Crippen LogP contribution in [0.1, 0.15) is 39.5 Å². The van der Waals surface area contributed by atoms with Gasteiger partial charge in [-0.2, -0.15) is 0 Å². The van der Waals surface area contributed by atoms with Crippen molar-refractivity contribution in [1.82, 2.24) is 10.2 Å². The minimum absolute atomic E-state index is 0.762. The van der Waals surface area contributed by atoms with E-state index in [2.05, 4.69) is 30.6 Å². The van der Waals surface area contributed by atoms with E-state index in [-0.39, 0.29) is 0 Å². The number of nitrogens with zero attached hydrogens (tertiary/aromatic N) is 1. The largest absolute Gasteiger partial charge is 0.315 e. The maximum Gasteiger partial charge on any atom is 0.0221 e. The van der Waals surface area contributed by atoms with Crippen LogP contribution >= 0.6 is 0 Å². The lowest BCUT2D eigenvalue weighted by molar-refractivity contribution is 0.167. The molecule has 2 nitrogen and oxygen atoms in total. The second-order valence-corrected chi connectivity index (χ2v) is 4.74. The smallest absolute Gasteiger partial charge is 0.0221 e. The lowest BCUT2D eigenvalue weighted by Crippen LogP contribution is -2.46. The van der Waals surface area contributed by atoms with Gasteiger partial charge in [0.15, 0.2) is 0 Å². The zero-order valence-corrected chi connectivity index (χ0v) is 10.4. The van der Waals surface area contributed by atoms with Crippen LogP contribution in [0.4, 0.5) is 0 Å². The molecular weight excluding hydrogens is 184 g/mol. The molecule has 0 aromatic rings. The summed E-state index contributed by atoms with van der Waals surface area (Å²) in [5, 5.41) is 3.50. The molecule has 1 rings (SSSR count). The molecule has 0 amide bonds. The van der Waals surface area contributed by atoms with Gasteiger partial charge in [-0.15, -0.1) is 6.58 Å². The third-order valence-electron chi connectivity index (χ3n) is 3.12. The fraction of sp³-hybridized carbons (Fsp3) is 0.846. The van der Waals surface area contributed by atoms with Crippen LogP contribution in [0.3, 0.4) is 0 Å². The molecule has 1 unspecified atom stereocenters. The molecule has 0 saturated carbocycles. The van der Waals surface area contributed by atoms with Crippen LogP contribution in [-0.4, -0.2) is 37.1 Å². The zero-order valence-electron chi connectivity index (χ0n) is 10.4. The topological polar surface area (TPSA) is 15.3 Å². The van der Waals surface area contributed by atoms with Crippen molar-refractivity contribution in [3.8, 4) is 0 Å². The molecule has 0 radical (unpaired) electrons. The third-order valence-corrected chi connectivity index (χ3v) is 3.12. The van der Waals surface area contributed by atoms with Crippen LogP contribution in [0.15, 0.2) is 12.2 Å². The first-order chi connectivity index (χ1) is 7.24. The Hall–Kier alpha value is -0.340. The molecule has 15 heavy (non-hydrogen) atoms. The lowest BCUT2D eigenvalue weighted by Gasteiger charge is -2.34. The Bertz CT molecular complexity index is 183. The predicted octanol–water partition coefficient (Wildman–Crippen LogP) is 2.42. The molecule has 1 N–H and O–H groups in total. The average molecular weight is 210 g/mol. The Morgan fingerprint density at radius 1 is 1.47 bits per heavy atom. The maximum atomic E-state index is 3.99. The standard InChI is InChI=1S/C13H26N2/c1-4-9-15(10-7-12(2)3)13-6-5-8-14-11-13/h13-14H,2,4-11H2,1,3H3. The van der Waals surface area contributed by atoms with E-state index >= 15 is 0 Å². The highest BCUT2D eigenvalue weighted by molar-refractivity contribution is 4.90. The van der Waals surface area contributed by atoms with Gasteiger partial charge < -0.3 is 5.32 Å². The van der Waals surface area contributed by atoms with Gasteiger partial charge in [0.2, 0.25) is 0 Å². The molecule has 1 atom stereocenters. The Morgan fingerprint density at radius 2 is 2.27 bits per heavy atom. The molecule has 0 aliphatic carbocycles.